The number of ketones is 1. The lowest BCUT2D eigenvalue weighted by molar-refractivity contribution is -0.145. The fourth-order valence-electron chi connectivity index (χ4n) is 3.16. The predicted octanol–water partition coefficient (Wildman–Crippen LogP) is 4.91. The molecule has 0 fully saturated rings. The molecule has 0 atom stereocenters. The first-order valence-corrected chi connectivity index (χ1v) is 9.66. The van der Waals surface area contributed by atoms with Gasteiger partial charge in [0.2, 0.25) is 5.78 Å². The lowest BCUT2D eigenvalue weighted by Gasteiger charge is -2.06. The molecule has 1 aliphatic heterocycles. The van der Waals surface area contributed by atoms with Crippen LogP contribution in [0.3, 0.4) is 0 Å². The Morgan fingerprint density at radius 1 is 0.967 bits per heavy atom. The second-order valence-electron chi connectivity index (χ2n) is 6.68. The third-order valence-corrected chi connectivity index (χ3v) is 4.62. The maximum atomic E-state index is 12.6. The van der Waals surface area contributed by atoms with Gasteiger partial charge in [-0.25, -0.2) is 4.79 Å². The molecule has 1 aliphatic rings. The molecule has 3 aromatic rings. The van der Waals surface area contributed by atoms with E-state index in [0.717, 1.165) is 16.7 Å². The molecule has 1 heterocycles. The van der Waals surface area contributed by atoms with Gasteiger partial charge in [-0.3, -0.25) is 4.79 Å². The van der Waals surface area contributed by atoms with Gasteiger partial charge in [-0.1, -0.05) is 54.6 Å². The summed E-state index contributed by atoms with van der Waals surface area (Å²) in [6.07, 6.45) is 1.72. The third-order valence-electron chi connectivity index (χ3n) is 4.62. The van der Waals surface area contributed by atoms with Crippen LogP contribution in [0.5, 0.6) is 11.5 Å². The van der Waals surface area contributed by atoms with Crippen LogP contribution in [-0.4, -0.2) is 25.0 Å². The monoisotopic (exact) mass is 400 g/mol. The summed E-state index contributed by atoms with van der Waals surface area (Å²) in [5.74, 6) is 0.459. The average Bonchev–Trinajstić information content (AvgIpc) is 3.08. The van der Waals surface area contributed by atoms with E-state index in [1.54, 1.807) is 31.2 Å². The Morgan fingerprint density at radius 3 is 2.43 bits per heavy atom. The molecular weight excluding hydrogens is 380 g/mol. The van der Waals surface area contributed by atoms with Crippen molar-refractivity contribution in [2.75, 3.05) is 13.2 Å². The summed E-state index contributed by atoms with van der Waals surface area (Å²) < 4.78 is 16.0. The highest BCUT2D eigenvalue weighted by molar-refractivity contribution is 6.14. The smallest absolute Gasteiger partial charge is 0.344 e. The fraction of sp³-hybridized carbons (Fsp3) is 0.120. The minimum absolute atomic E-state index is 0.186. The molecule has 0 unspecified atom stereocenters. The minimum atomic E-state index is -0.450. The molecule has 0 amide bonds. The molecule has 0 saturated carbocycles. The van der Waals surface area contributed by atoms with Gasteiger partial charge < -0.3 is 14.2 Å². The van der Waals surface area contributed by atoms with Gasteiger partial charge in [0.1, 0.15) is 11.5 Å². The van der Waals surface area contributed by atoms with Gasteiger partial charge in [-0.05, 0) is 41.8 Å². The Balaban J connectivity index is 1.48. The molecule has 30 heavy (non-hydrogen) atoms. The molecular formula is C25H20O5. The molecule has 0 spiro atoms. The molecule has 5 nitrogen and oxygen atoms in total. The number of allylic oxidation sites excluding steroid dienone is 1. The quantitative estimate of drug-likeness (QED) is 0.435. The Kier molecular flexibility index (Phi) is 5.61. The van der Waals surface area contributed by atoms with Crippen LogP contribution in [-0.2, 0) is 9.53 Å². The zero-order valence-electron chi connectivity index (χ0n) is 16.5. The van der Waals surface area contributed by atoms with E-state index < -0.39 is 5.97 Å². The Morgan fingerprint density at radius 2 is 1.70 bits per heavy atom. The van der Waals surface area contributed by atoms with Crippen molar-refractivity contribution in [3.05, 3.63) is 89.7 Å². The largest absolute Gasteiger partial charge is 0.482 e. The van der Waals surface area contributed by atoms with Crippen LogP contribution >= 0.6 is 0 Å². The molecule has 0 bridgehead atoms. The molecule has 0 radical (unpaired) electrons. The molecule has 150 valence electrons. The lowest BCUT2D eigenvalue weighted by atomic mass is 10.0. The van der Waals surface area contributed by atoms with Crippen LogP contribution in [0.1, 0.15) is 22.8 Å². The van der Waals surface area contributed by atoms with Crippen molar-refractivity contribution in [3.63, 3.8) is 0 Å². The van der Waals surface area contributed by atoms with Crippen molar-refractivity contribution in [2.24, 2.45) is 0 Å². The highest BCUT2D eigenvalue weighted by Crippen LogP contribution is 2.35. The number of benzene rings is 3. The molecule has 0 aromatic heterocycles. The Hall–Kier alpha value is -3.86. The van der Waals surface area contributed by atoms with E-state index in [9.17, 15) is 9.59 Å². The van der Waals surface area contributed by atoms with Gasteiger partial charge in [-0.2, -0.15) is 0 Å². The van der Waals surface area contributed by atoms with Crippen LogP contribution < -0.4 is 9.47 Å². The maximum Gasteiger partial charge on any atom is 0.344 e. The summed E-state index contributed by atoms with van der Waals surface area (Å²) in [5.41, 5.74) is 3.56. The minimum Gasteiger partial charge on any atom is -0.482 e. The van der Waals surface area contributed by atoms with Gasteiger partial charge >= 0.3 is 5.97 Å². The molecule has 4 rings (SSSR count). The molecule has 0 aliphatic carbocycles. The highest BCUT2D eigenvalue weighted by atomic mass is 16.6. The molecule has 0 N–H and O–H groups in total. The number of esters is 1. The third kappa shape index (κ3) is 4.25. The summed E-state index contributed by atoms with van der Waals surface area (Å²) in [6.45, 7) is 1.83. The van der Waals surface area contributed by atoms with Crippen molar-refractivity contribution in [3.8, 4) is 22.6 Å². The standard InChI is InChI=1S/C25H20O5/c1-2-28-24(26)16-29-20-12-13-21-22(15-20)30-23(25(21)27)14-17-8-10-19(11-9-17)18-6-4-3-5-7-18/h3-15H,2,16H2,1H3/b23-14-. The summed E-state index contributed by atoms with van der Waals surface area (Å²) in [5, 5.41) is 0. The number of carbonyl (C=O) groups excluding carboxylic acids is 2. The number of ether oxygens (including phenoxy) is 3. The van der Waals surface area contributed by atoms with Crippen LogP contribution in [0.15, 0.2) is 78.6 Å². The van der Waals surface area contributed by atoms with Gasteiger partial charge in [0, 0.05) is 6.07 Å². The first-order valence-electron chi connectivity index (χ1n) is 9.66. The summed E-state index contributed by atoms with van der Waals surface area (Å²) >= 11 is 0. The van der Waals surface area contributed by atoms with Crippen LogP contribution in [0.2, 0.25) is 0 Å². The van der Waals surface area contributed by atoms with E-state index >= 15 is 0 Å². The molecule has 0 saturated heterocycles. The van der Waals surface area contributed by atoms with Gasteiger partial charge in [0.25, 0.3) is 0 Å². The topological polar surface area (TPSA) is 61.8 Å². The average molecular weight is 400 g/mol. The number of fused-ring (bicyclic) bond motifs is 1. The predicted molar refractivity (Wildman–Crippen MR) is 113 cm³/mol. The SMILES string of the molecule is CCOC(=O)COc1ccc2c(c1)O/C(=C\c1ccc(-c3ccccc3)cc1)C2=O. The normalized spacial score (nSPS) is 13.6. The van der Waals surface area contributed by atoms with Crippen LogP contribution in [0.25, 0.3) is 17.2 Å². The second kappa shape index (κ2) is 8.66. The maximum absolute atomic E-state index is 12.6. The number of carbonyl (C=O) groups is 2. The lowest BCUT2D eigenvalue weighted by Crippen LogP contribution is -2.14. The zero-order chi connectivity index (χ0) is 20.9. The summed E-state index contributed by atoms with van der Waals surface area (Å²) in [4.78, 5) is 24.1. The Bertz CT molecular complexity index is 1100. The fourth-order valence-corrected chi connectivity index (χ4v) is 3.16. The van der Waals surface area contributed by atoms with Gasteiger partial charge in [0.15, 0.2) is 12.4 Å². The number of hydrogen-bond acceptors (Lipinski definition) is 5. The van der Waals surface area contributed by atoms with Crippen molar-refractivity contribution in [1.29, 1.82) is 0 Å². The zero-order valence-corrected chi connectivity index (χ0v) is 16.5. The summed E-state index contributed by atoms with van der Waals surface area (Å²) in [6, 6.07) is 22.9. The van der Waals surface area contributed by atoms with Crippen LogP contribution in [0, 0.1) is 0 Å². The molecule has 3 aromatic carbocycles. The van der Waals surface area contributed by atoms with Crippen molar-refractivity contribution in [2.45, 2.75) is 6.92 Å². The van der Waals surface area contributed by atoms with Crippen LogP contribution in [0.4, 0.5) is 0 Å². The van der Waals surface area contributed by atoms with E-state index in [2.05, 4.69) is 12.1 Å². The van der Waals surface area contributed by atoms with Crippen molar-refractivity contribution < 1.29 is 23.8 Å². The highest BCUT2D eigenvalue weighted by Gasteiger charge is 2.27. The van der Waals surface area contributed by atoms with E-state index in [4.69, 9.17) is 14.2 Å². The van der Waals surface area contributed by atoms with E-state index in [-0.39, 0.29) is 18.1 Å². The van der Waals surface area contributed by atoms with Crippen molar-refractivity contribution in [1.82, 2.24) is 0 Å². The van der Waals surface area contributed by atoms with E-state index in [1.807, 2.05) is 42.5 Å². The molecule has 5 heteroatoms. The summed E-state index contributed by atoms with van der Waals surface area (Å²) in [7, 11) is 0. The van der Waals surface area contributed by atoms with E-state index in [0.29, 0.717) is 23.7 Å². The second-order valence-corrected chi connectivity index (χ2v) is 6.68. The number of rotatable bonds is 6. The van der Waals surface area contributed by atoms with Gasteiger partial charge in [-0.15, -0.1) is 0 Å². The van der Waals surface area contributed by atoms with E-state index in [1.165, 1.54) is 0 Å². The van der Waals surface area contributed by atoms with Crippen molar-refractivity contribution >= 4 is 17.8 Å². The first-order chi connectivity index (χ1) is 14.6. The Labute approximate surface area is 174 Å². The number of hydrogen-bond donors (Lipinski definition) is 0. The van der Waals surface area contributed by atoms with Gasteiger partial charge in [0.05, 0.1) is 12.2 Å². The first kappa shape index (κ1) is 19.5. The number of Topliss-reactive ketones (excluding diaryl/α,β-unsaturated/α-hetero) is 1.